The molecule has 0 aliphatic carbocycles. The van der Waals surface area contributed by atoms with Crippen LogP contribution in [0.25, 0.3) is 0 Å². The number of rotatable bonds is 5. The summed E-state index contributed by atoms with van der Waals surface area (Å²) in [5.74, 6) is 0. The largest absolute Gasteiger partial charge is 0.377 e. The van der Waals surface area contributed by atoms with Gasteiger partial charge in [0.25, 0.3) is 0 Å². The number of thioether (sulfide) groups is 1. The van der Waals surface area contributed by atoms with Gasteiger partial charge in [-0.2, -0.15) is 0 Å². The molecule has 1 saturated heterocycles. The lowest BCUT2D eigenvalue weighted by Gasteiger charge is -2.16. The molecule has 1 aromatic carbocycles. The van der Waals surface area contributed by atoms with Gasteiger partial charge in [-0.3, -0.25) is 0 Å². The van der Waals surface area contributed by atoms with Crippen molar-refractivity contribution in [2.75, 3.05) is 13.2 Å². The van der Waals surface area contributed by atoms with Gasteiger partial charge in [-0.05, 0) is 43.7 Å². The van der Waals surface area contributed by atoms with Gasteiger partial charge in [-0.15, -0.1) is 11.8 Å². The van der Waals surface area contributed by atoms with Gasteiger partial charge in [-0.1, -0.05) is 18.5 Å². The summed E-state index contributed by atoms with van der Waals surface area (Å²) in [4.78, 5) is 1.32. The molecule has 0 amide bonds. The first-order valence-electron chi connectivity index (χ1n) is 6.48. The number of hydrogen-bond donors (Lipinski definition) is 1. The maximum atomic E-state index is 6.08. The first-order chi connectivity index (χ1) is 8.70. The zero-order valence-electron chi connectivity index (χ0n) is 10.9. The molecule has 1 aromatic rings. The van der Waals surface area contributed by atoms with Gasteiger partial charge in [0, 0.05) is 28.3 Å². The minimum Gasteiger partial charge on any atom is -0.377 e. The fourth-order valence-electron chi connectivity index (χ4n) is 2.09. The van der Waals surface area contributed by atoms with Crippen molar-refractivity contribution < 1.29 is 4.74 Å². The van der Waals surface area contributed by atoms with Gasteiger partial charge in [-0.25, -0.2) is 0 Å². The van der Waals surface area contributed by atoms with Crippen LogP contribution in [0.15, 0.2) is 23.1 Å². The highest BCUT2D eigenvalue weighted by molar-refractivity contribution is 8.00. The van der Waals surface area contributed by atoms with E-state index in [1.54, 1.807) is 0 Å². The Bertz CT molecular complexity index is 399. The number of benzene rings is 1. The number of hydrogen-bond acceptors (Lipinski definition) is 3. The topological polar surface area (TPSA) is 21.3 Å². The molecule has 1 heterocycles. The Balaban J connectivity index is 2.10. The van der Waals surface area contributed by atoms with Crippen LogP contribution in [-0.2, 0) is 11.3 Å². The average molecular weight is 286 g/mol. The fraction of sp³-hybridized carbons (Fsp3) is 0.571. The molecule has 0 saturated carbocycles. The molecule has 0 radical (unpaired) electrons. The van der Waals surface area contributed by atoms with E-state index in [4.69, 9.17) is 16.3 Å². The zero-order chi connectivity index (χ0) is 13.0. The van der Waals surface area contributed by atoms with E-state index in [-0.39, 0.29) is 0 Å². The monoisotopic (exact) mass is 285 g/mol. The molecule has 1 N–H and O–H groups in total. The van der Waals surface area contributed by atoms with Crippen molar-refractivity contribution in [2.24, 2.45) is 0 Å². The summed E-state index contributed by atoms with van der Waals surface area (Å²) in [6, 6.07) is 6.16. The quantitative estimate of drug-likeness (QED) is 0.891. The van der Waals surface area contributed by atoms with E-state index >= 15 is 0 Å². The first kappa shape index (κ1) is 14.2. The molecule has 0 bridgehead atoms. The first-order valence-corrected chi connectivity index (χ1v) is 7.74. The molecule has 0 spiro atoms. The molecule has 2 rings (SSSR count). The highest BCUT2D eigenvalue weighted by Gasteiger charge is 2.25. The Labute approximate surface area is 118 Å². The maximum Gasteiger partial charge on any atom is 0.0669 e. The van der Waals surface area contributed by atoms with Crippen LogP contribution in [0.3, 0.4) is 0 Å². The van der Waals surface area contributed by atoms with Gasteiger partial charge in [0.2, 0.25) is 0 Å². The van der Waals surface area contributed by atoms with Crippen LogP contribution in [0.5, 0.6) is 0 Å². The van der Waals surface area contributed by atoms with E-state index in [2.05, 4.69) is 31.3 Å². The second-order valence-electron chi connectivity index (χ2n) is 4.55. The minimum atomic E-state index is 0.345. The second-order valence-corrected chi connectivity index (χ2v) is 6.27. The Kier molecular flexibility index (Phi) is 5.37. The third-order valence-electron chi connectivity index (χ3n) is 3.17. The molecular weight excluding hydrogens is 266 g/mol. The Morgan fingerprint density at radius 1 is 1.50 bits per heavy atom. The van der Waals surface area contributed by atoms with Gasteiger partial charge < -0.3 is 10.1 Å². The highest BCUT2D eigenvalue weighted by atomic mass is 35.5. The van der Waals surface area contributed by atoms with Crippen molar-refractivity contribution in [2.45, 2.75) is 43.1 Å². The van der Waals surface area contributed by atoms with Crippen LogP contribution >= 0.6 is 23.4 Å². The van der Waals surface area contributed by atoms with E-state index in [9.17, 15) is 0 Å². The molecule has 1 aliphatic rings. The Hall–Kier alpha value is -0.220. The molecule has 18 heavy (non-hydrogen) atoms. The molecule has 2 atom stereocenters. The third-order valence-corrected chi connectivity index (χ3v) is 4.98. The molecule has 2 unspecified atom stereocenters. The molecule has 1 fully saturated rings. The number of ether oxygens (including phenoxy) is 1. The van der Waals surface area contributed by atoms with Crippen LogP contribution < -0.4 is 5.32 Å². The standard InChI is InChI=1S/C14H20ClNOS/c1-3-16-9-11-8-12(15)4-5-14(11)18-13-6-7-17-10(13)2/h4-5,8,10,13,16H,3,6-7,9H2,1-2H3. The van der Waals surface area contributed by atoms with E-state index in [0.717, 1.165) is 31.1 Å². The van der Waals surface area contributed by atoms with Crippen LogP contribution in [0.2, 0.25) is 5.02 Å². The molecule has 0 aromatic heterocycles. The molecule has 1 aliphatic heterocycles. The van der Waals surface area contributed by atoms with E-state index in [1.807, 2.05) is 17.8 Å². The van der Waals surface area contributed by atoms with E-state index in [0.29, 0.717) is 11.4 Å². The fourth-order valence-corrected chi connectivity index (χ4v) is 3.52. The Morgan fingerprint density at radius 3 is 3.00 bits per heavy atom. The van der Waals surface area contributed by atoms with E-state index < -0.39 is 0 Å². The van der Waals surface area contributed by atoms with Crippen molar-refractivity contribution in [3.63, 3.8) is 0 Å². The predicted molar refractivity (Wildman–Crippen MR) is 78.5 cm³/mol. The number of halogens is 1. The molecule has 100 valence electrons. The predicted octanol–water partition coefficient (Wildman–Crippen LogP) is 3.72. The normalized spacial score (nSPS) is 23.5. The van der Waals surface area contributed by atoms with Crippen LogP contribution in [0.1, 0.15) is 25.8 Å². The lowest BCUT2D eigenvalue weighted by Crippen LogP contribution is -2.15. The van der Waals surface area contributed by atoms with Gasteiger partial charge in [0.15, 0.2) is 0 Å². The van der Waals surface area contributed by atoms with Crippen molar-refractivity contribution in [1.29, 1.82) is 0 Å². The molecule has 2 nitrogen and oxygen atoms in total. The van der Waals surface area contributed by atoms with Crippen LogP contribution in [0.4, 0.5) is 0 Å². The average Bonchev–Trinajstić information content (AvgIpc) is 2.75. The van der Waals surface area contributed by atoms with Crippen LogP contribution in [-0.4, -0.2) is 24.5 Å². The van der Waals surface area contributed by atoms with Gasteiger partial charge in [0.1, 0.15) is 0 Å². The zero-order valence-corrected chi connectivity index (χ0v) is 12.5. The van der Waals surface area contributed by atoms with Crippen LogP contribution in [0, 0.1) is 0 Å². The van der Waals surface area contributed by atoms with Gasteiger partial charge >= 0.3 is 0 Å². The summed E-state index contributed by atoms with van der Waals surface area (Å²) in [5.41, 5.74) is 1.29. The van der Waals surface area contributed by atoms with E-state index in [1.165, 1.54) is 10.5 Å². The summed E-state index contributed by atoms with van der Waals surface area (Å²) in [6.45, 7) is 7.00. The lowest BCUT2D eigenvalue weighted by molar-refractivity contribution is 0.127. The van der Waals surface area contributed by atoms with Crippen molar-refractivity contribution in [1.82, 2.24) is 5.32 Å². The summed E-state index contributed by atoms with van der Waals surface area (Å²) in [6.07, 6.45) is 1.48. The van der Waals surface area contributed by atoms with Crippen molar-refractivity contribution in [3.05, 3.63) is 28.8 Å². The summed E-state index contributed by atoms with van der Waals surface area (Å²) < 4.78 is 5.62. The number of nitrogens with one attached hydrogen (secondary N) is 1. The minimum absolute atomic E-state index is 0.345. The Morgan fingerprint density at radius 2 is 2.33 bits per heavy atom. The van der Waals surface area contributed by atoms with Crippen molar-refractivity contribution >= 4 is 23.4 Å². The second kappa shape index (κ2) is 6.80. The SMILES string of the molecule is CCNCc1cc(Cl)ccc1SC1CCOC1C. The lowest BCUT2D eigenvalue weighted by atomic mass is 10.2. The summed E-state index contributed by atoms with van der Waals surface area (Å²) >= 11 is 8.00. The summed E-state index contributed by atoms with van der Waals surface area (Å²) in [7, 11) is 0. The highest BCUT2D eigenvalue weighted by Crippen LogP contribution is 2.35. The maximum absolute atomic E-state index is 6.08. The smallest absolute Gasteiger partial charge is 0.0669 e. The van der Waals surface area contributed by atoms with Gasteiger partial charge in [0.05, 0.1) is 6.10 Å². The summed E-state index contributed by atoms with van der Waals surface area (Å²) in [5, 5.41) is 4.73. The van der Waals surface area contributed by atoms with Crippen molar-refractivity contribution in [3.8, 4) is 0 Å². The third kappa shape index (κ3) is 3.64. The molecular formula is C14H20ClNOS. The molecule has 4 heteroatoms.